The van der Waals surface area contributed by atoms with E-state index in [2.05, 4.69) is 10.2 Å². The minimum Gasteiger partial charge on any atom is -0.468 e. The Bertz CT molecular complexity index is 996. The molecule has 29 heavy (non-hydrogen) atoms. The maximum atomic E-state index is 13.0. The third kappa shape index (κ3) is 4.59. The van der Waals surface area contributed by atoms with Crippen molar-refractivity contribution in [3.63, 3.8) is 0 Å². The minimum absolute atomic E-state index is 0.123. The van der Waals surface area contributed by atoms with Gasteiger partial charge in [-0.2, -0.15) is 0 Å². The van der Waals surface area contributed by atoms with E-state index in [-0.39, 0.29) is 21.8 Å². The van der Waals surface area contributed by atoms with Crippen molar-refractivity contribution in [1.82, 2.24) is 10.2 Å². The van der Waals surface area contributed by atoms with E-state index in [1.165, 1.54) is 6.07 Å². The number of hydrogen-bond donors (Lipinski definition) is 1. The first-order chi connectivity index (χ1) is 13.9. The Morgan fingerprint density at radius 1 is 1.21 bits per heavy atom. The highest BCUT2D eigenvalue weighted by Gasteiger charge is 2.46. The second kappa shape index (κ2) is 8.48. The maximum Gasteiger partial charge on any atom is 0.193 e. The van der Waals surface area contributed by atoms with E-state index >= 15 is 0 Å². The normalized spacial score (nSPS) is 26.5. The maximum absolute atomic E-state index is 13.0. The number of sulfone groups is 2. The second-order valence-electron chi connectivity index (χ2n) is 7.29. The number of hydrogen-bond acceptors (Lipinski definition) is 9. The summed E-state index contributed by atoms with van der Waals surface area (Å²) in [5.74, 6) is 0.224. The molecule has 2 aromatic rings. The highest BCUT2D eigenvalue weighted by Crippen LogP contribution is 2.29. The monoisotopic (exact) mass is 460 g/mol. The quantitative estimate of drug-likeness (QED) is 0.651. The van der Waals surface area contributed by atoms with E-state index in [1.54, 1.807) is 17.7 Å². The third-order valence-electron chi connectivity index (χ3n) is 5.41. The summed E-state index contributed by atoms with van der Waals surface area (Å²) in [6, 6.07) is 6.10. The van der Waals surface area contributed by atoms with Crippen LogP contribution in [0.25, 0.3) is 0 Å². The molecule has 4 heterocycles. The summed E-state index contributed by atoms with van der Waals surface area (Å²) < 4.78 is 61.9. The van der Waals surface area contributed by atoms with Gasteiger partial charge in [-0.25, -0.2) is 16.8 Å². The lowest BCUT2D eigenvalue weighted by Gasteiger charge is -2.34. The first-order valence-corrected chi connectivity index (χ1v) is 13.7. The summed E-state index contributed by atoms with van der Waals surface area (Å²) in [7, 11) is -7.16. The van der Waals surface area contributed by atoms with Gasteiger partial charge in [0.05, 0.1) is 42.3 Å². The number of rotatable bonds is 7. The molecule has 8 nitrogen and oxygen atoms in total. The van der Waals surface area contributed by atoms with Gasteiger partial charge in [-0.1, -0.05) is 6.07 Å². The summed E-state index contributed by atoms with van der Waals surface area (Å²) in [4.78, 5) is 2.21. The molecule has 2 saturated heterocycles. The summed E-state index contributed by atoms with van der Waals surface area (Å²) in [6.45, 7) is 3.08. The van der Waals surface area contributed by atoms with Crippen molar-refractivity contribution in [3.05, 3.63) is 41.7 Å². The lowest BCUT2D eigenvalue weighted by atomic mass is 10.1. The van der Waals surface area contributed by atoms with Crippen LogP contribution >= 0.6 is 11.3 Å². The van der Waals surface area contributed by atoms with Crippen molar-refractivity contribution >= 4 is 31.0 Å². The number of ether oxygens (including phenoxy) is 1. The Morgan fingerprint density at radius 3 is 2.66 bits per heavy atom. The van der Waals surface area contributed by atoms with Crippen molar-refractivity contribution in [1.29, 1.82) is 0 Å². The molecule has 2 aliphatic heterocycles. The molecule has 0 aliphatic carbocycles. The molecule has 0 radical (unpaired) electrons. The van der Waals surface area contributed by atoms with E-state index in [4.69, 9.17) is 9.15 Å². The van der Waals surface area contributed by atoms with E-state index in [9.17, 15) is 16.8 Å². The number of furan rings is 1. The van der Waals surface area contributed by atoms with E-state index in [0.29, 0.717) is 19.8 Å². The average molecular weight is 461 g/mol. The fourth-order valence-corrected chi connectivity index (χ4v) is 9.87. The van der Waals surface area contributed by atoms with Crippen molar-refractivity contribution in [2.45, 2.75) is 21.5 Å². The Hall–Kier alpha value is -1.24. The summed E-state index contributed by atoms with van der Waals surface area (Å²) in [6.07, 6.45) is 1.60. The van der Waals surface area contributed by atoms with Crippen molar-refractivity contribution < 1.29 is 26.0 Å². The predicted octanol–water partition coefficient (Wildman–Crippen LogP) is 0.944. The Labute approximate surface area is 174 Å². The Balaban J connectivity index is 1.54. The molecular formula is C18H24N2O6S3. The smallest absolute Gasteiger partial charge is 0.193 e. The molecule has 11 heteroatoms. The molecule has 0 aromatic carbocycles. The first kappa shape index (κ1) is 21.0. The van der Waals surface area contributed by atoms with Crippen LogP contribution in [0.4, 0.5) is 0 Å². The van der Waals surface area contributed by atoms with Crippen LogP contribution in [0, 0.1) is 0 Å². The van der Waals surface area contributed by atoms with Crippen LogP contribution in [0.3, 0.4) is 0 Å². The number of morpholine rings is 1. The third-order valence-corrected chi connectivity index (χ3v) is 11.0. The zero-order chi connectivity index (χ0) is 20.5. The van der Waals surface area contributed by atoms with Crippen LogP contribution in [-0.2, 0) is 24.4 Å². The van der Waals surface area contributed by atoms with Crippen LogP contribution in [0.2, 0.25) is 0 Å². The topological polar surface area (TPSA) is 106 Å². The highest BCUT2D eigenvalue weighted by molar-refractivity contribution is 7.97. The molecule has 0 spiro atoms. The number of nitrogens with zero attached hydrogens (tertiary/aromatic N) is 1. The molecule has 0 bridgehead atoms. The summed E-state index contributed by atoms with van der Waals surface area (Å²) >= 11 is 1.12. The van der Waals surface area contributed by atoms with Crippen molar-refractivity contribution in [2.24, 2.45) is 0 Å². The van der Waals surface area contributed by atoms with Gasteiger partial charge in [-0.05, 0) is 23.6 Å². The van der Waals surface area contributed by atoms with E-state index in [1.807, 2.05) is 12.1 Å². The second-order valence-corrected chi connectivity index (χ2v) is 12.8. The van der Waals surface area contributed by atoms with Crippen LogP contribution < -0.4 is 5.32 Å². The fourth-order valence-electron chi connectivity index (χ4n) is 3.93. The lowest BCUT2D eigenvalue weighted by molar-refractivity contribution is 0.0113. The van der Waals surface area contributed by atoms with Gasteiger partial charge in [-0.3, -0.25) is 4.90 Å². The van der Waals surface area contributed by atoms with Gasteiger partial charge in [-0.15, -0.1) is 11.3 Å². The van der Waals surface area contributed by atoms with Crippen LogP contribution in [0.5, 0.6) is 0 Å². The van der Waals surface area contributed by atoms with Crippen LogP contribution in [-0.4, -0.2) is 77.4 Å². The van der Waals surface area contributed by atoms with Crippen LogP contribution in [0.15, 0.2) is 44.5 Å². The minimum atomic E-state index is -3.72. The molecule has 4 rings (SSSR count). The standard InChI is InChI=1S/C18H24N2O6S3/c21-28(22)12-14(17(13-28)29(23,24)18-4-2-10-27-18)19-11-15(16-3-1-7-26-16)20-5-8-25-9-6-20/h1-4,7,10,14-15,17,19H,5-6,8-9,11-13H2/t14-,15?,17-/m0/s1. The van der Waals surface area contributed by atoms with E-state index < -0.39 is 31.0 Å². The van der Waals surface area contributed by atoms with Crippen molar-refractivity contribution in [2.75, 3.05) is 44.4 Å². The van der Waals surface area contributed by atoms with Gasteiger partial charge in [0.15, 0.2) is 19.7 Å². The molecule has 2 aromatic heterocycles. The SMILES string of the molecule is O=S1(=O)C[C@H](NCC(c2ccco2)N2CCOCC2)[C@@H](S(=O)(=O)c2cccs2)C1. The predicted molar refractivity (Wildman–Crippen MR) is 110 cm³/mol. The van der Waals surface area contributed by atoms with Crippen molar-refractivity contribution in [3.8, 4) is 0 Å². The Kier molecular flexibility index (Phi) is 6.14. The molecule has 1 unspecified atom stereocenters. The first-order valence-electron chi connectivity index (χ1n) is 9.43. The molecule has 2 fully saturated rings. The molecular weight excluding hydrogens is 436 g/mol. The van der Waals surface area contributed by atoms with Gasteiger partial charge < -0.3 is 14.5 Å². The number of nitrogens with one attached hydrogen (secondary N) is 1. The van der Waals surface area contributed by atoms with E-state index in [0.717, 1.165) is 30.2 Å². The average Bonchev–Trinajstić information content (AvgIpc) is 3.44. The summed E-state index contributed by atoms with van der Waals surface area (Å²) in [5.41, 5.74) is 0. The lowest BCUT2D eigenvalue weighted by Crippen LogP contribution is -2.48. The molecule has 1 N–H and O–H groups in total. The molecule has 3 atom stereocenters. The van der Waals surface area contributed by atoms with Gasteiger partial charge in [0, 0.05) is 25.7 Å². The highest BCUT2D eigenvalue weighted by atomic mass is 32.2. The Morgan fingerprint density at radius 2 is 2.00 bits per heavy atom. The zero-order valence-electron chi connectivity index (χ0n) is 15.8. The number of thiophene rings is 1. The largest absolute Gasteiger partial charge is 0.468 e. The zero-order valence-corrected chi connectivity index (χ0v) is 18.2. The molecule has 0 saturated carbocycles. The van der Waals surface area contributed by atoms with Gasteiger partial charge in [0.2, 0.25) is 0 Å². The fraction of sp³-hybridized carbons (Fsp3) is 0.556. The molecule has 2 aliphatic rings. The van der Waals surface area contributed by atoms with Gasteiger partial charge >= 0.3 is 0 Å². The summed E-state index contributed by atoms with van der Waals surface area (Å²) in [5, 5.41) is 3.94. The van der Waals surface area contributed by atoms with Gasteiger partial charge in [0.25, 0.3) is 0 Å². The van der Waals surface area contributed by atoms with Crippen LogP contribution in [0.1, 0.15) is 11.8 Å². The molecule has 0 amide bonds. The van der Waals surface area contributed by atoms with Gasteiger partial charge in [0.1, 0.15) is 9.97 Å². The molecule has 160 valence electrons.